The number of benzene rings is 1. The SMILES string of the molecule is O=C(O)C(O)C1CCN(C(=O)OCc2ccccc2)CC1. The molecule has 1 unspecified atom stereocenters. The standard InChI is InChI=1S/C15H19NO5/c17-13(14(18)19)12-6-8-16(9-7-12)15(20)21-10-11-4-2-1-3-5-11/h1-5,12-13,17H,6-10H2,(H,18,19). The molecule has 1 saturated heterocycles. The van der Waals surface area contributed by atoms with Crippen molar-refractivity contribution in [3.05, 3.63) is 35.9 Å². The quantitative estimate of drug-likeness (QED) is 0.878. The third-order valence-electron chi connectivity index (χ3n) is 3.70. The van der Waals surface area contributed by atoms with Crippen LogP contribution in [-0.2, 0) is 16.1 Å². The lowest BCUT2D eigenvalue weighted by molar-refractivity contribution is -0.150. The van der Waals surface area contributed by atoms with Gasteiger partial charge in [-0.25, -0.2) is 9.59 Å². The molecule has 6 nitrogen and oxygen atoms in total. The average Bonchev–Trinajstić information content (AvgIpc) is 2.53. The number of aliphatic carboxylic acids is 1. The van der Waals surface area contributed by atoms with E-state index >= 15 is 0 Å². The van der Waals surface area contributed by atoms with E-state index in [9.17, 15) is 14.7 Å². The summed E-state index contributed by atoms with van der Waals surface area (Å²) in [6.07, 6.45) is -0.823. The average molecular weight is 293 g/mol. The van der Waals surface area contributed by atoms with Crippen molar-refractivity contribution in [1.82, 2.24) is 4.90 Å². The maximum atomic E-state index is 11.9. The second-order valence-electron chi connectivity index (χ2n) is 5.15. The van der Waals surface area contributed by atoms with Crippen molar-refractivity contribution in [2.45, 2.75) is 25.6 Å². The Hall–Kier alpha value is -2.08. The maximum absolute atomic E-state index is 11.9. The molecule has 1 aromatic rings. The number of carboxylic acid groups (broad SMARTS) is 1. The van der Waals surface area contributed by atoms with E-state index in [0.717, 1.165) is 5.56 Å². The molecule has 1 amide bonds. The minimum atomic E-state index is -1.35. The number of carboxylic acids is 1. The van der Waals surface area contributed by atoms with Crippen LogP contribution in [0.1, 0.15) is 18.4 Å². The molecule has 1 aromatic carbocycles. The summed E-state index contributed by atoms with van der Waals surface area (Å²) >= 11 is 0. The van der Waals surface area contributed by atoms with Gasteiger partial charge in [0, 0.05) is 13.1 Å². The first-order valence-electron chi connectivity index (χ1n) is 6.94. The van der Waals surface area contributed by atoms with Crippen LogP contribution in [0.4, 0.5) is 4.79 Å². The van der Waals surface area contributed by atoms with Crippen molar-refractivity contribution >= 4 is 12.1 Å². The molecule has 2 N–H and O–H groups in total. The summed E-state index contributed by atoms with van der Waals surface area (Å²) in [7, 11) is 0. The van der Waals surface area contributed by atoms with Gasteiger partial charge in [0.2, 0.25) is 0 Å². The van der Waals surface area contributed by atoms with Crippen LogP contribution in [0.2, 0.25) is 0 Å². The van der Waals surface area contributed by atoms with Gasteiger partial charge in [-0.2, -0.15) is 0 Å². The molecular weight excluding hydrogens is 274 g/mol. The number of aliphatic hydroxyl groups excluding tert-OH is 1. The molecule has 1 heterocycles. The third kappa shape index (κ3) is 4.19. The second-order valence-corrected chi connectivity index (χ2v) is 5.15. The Bertz CT molecular complexity index is 482. The van der Waals surface area contributed by atoms with Crippen LogP contribution in [0.25, 0.3) is 0 Å². The van der Waals surface area contributed by atoms with Gasteiger partial charge >= 0.3 is 12.1 Å². The first kappa shape index (κ1) is 15.3. The van der Waals surface area contributed by atoms with Crippen LogP contribution in [0.15, 0.2) is 30.3 Å². The first-order chi connectivity index (χ1) is 10.1. The van der Waals surface area contributed by atoms with E-state index in [-0.39, 0.29) is 12.5 Å². The predicted octanol–water partition coefficient (Wildman–Crippen LogP) is 1.48. The van der Waals surface area contributed by atoms with Gasteiger partial charge in [0.25, 0.3) is 0 Å². The summed E-state index contributed by atoms with van der Waals surface area (Å²) < 4.78 is 5.22. The van der Waals surface area contributed by atoms with Gasteiger partial charge in [0.15, 0.2) is 6.10 Å². The van der Waals surface area contributed by atoms with Crippen LogP contribution in [0, 0.1) is 5.92 Å². The molecule has 0 aliphatic carbocycles. The lowest BCUT2D eigenvalue weighted by atomic mass is 9.91. The van der Waals surface area contributed by atoms with Gasteiger partial charge in [-0.05, 0) is 24.3 Å². The summed E-state index contributed by atoms with van der Waals surface area (Å²) in [5.74, 6) is -1.51. The lowest BCUT2D eigenvalue weighted by Gasteiger charge is -2.32. The van der Waals surface area contributed by atoms with Gasteiger partial charge in [0.1, 0.15) is 6.61 Å². The fourth-order valence-corrected chi connectivity index (χ4v) is 2.41. The highest BCUT2D eigenvalue weighted by atomic mass is 16.6. The molecule has 1 aliphatic rings. The van der Waals surface area contributed by atoms with Crippen molar-refractivity contribution in [3.8, 4) is 0 Å². The molecule has 2 rings (SSSR count). The summed E-state index contributed by atoms with van der Waals surface area (Å²) in [5, 5.41) is 18.3. The van der Waals surface area contributed by atoms with E-state index in [2.05, 4.69) is 0 Å². The van der Waals surface area contributed by atoms with Gasteiger partial charge in [-0.15, -0.1) is 0 Å². The highest BCUT2D eigenvalue weighted by Crippen LogP contribution is 2.21. The fraction of sp³-hybridized carbons (Fsp3) is 0.467. The van der Waals surface area contributed by atoms with E-state index in [0.29, 0.717) is 25.9 Å². The molecule has 0 radical (unpaired) electrons. The van der Waals surface area contributed by atoms with Crippen molar-refractivity contribution < 1.29 is 24.5 Å². The van der Waals surface area contributed by atoms with Gasteiger partial charge in [0.05, 0.1) is 0 Å². The van der Waals surface area contributed by atoms with E-state index in [1.807, 2.05) is 30.3 Å². The molecule has 114 valence electrons. The van der Waals surface area contributed by atoms with Crippen LogP contribution in [-0.4, -0.2) is 46.4 Å². The minimum absolute atomic E-state index is 0.220. The number of ether oxygens (including phenoxy) is 1. The predicted molar refractivity (Wildman–Crippen MR) is 74.6 cm³/mol. The summed E-state index contributed by atoms with van der Waals surface area (Å²) in [4.78, 5) is 24.2. The first-order valence-corrected chi connectivity index (χ1v) is 6.94. The number of likely N-dealkylation sites (tertiary alicyclic amines) is 1. The Morgan fingerprint density at radius 3 is 2.43 bits per heavy atom. The molecule has 1 fully saturated rings. The maximum Gasteiger partial charge on any atom is 0.410 e. The fourth-order valence-electron chi connectivity index (χ4n) is 2.41. The van der Waals surface area contributed by atoms with Gasteiger partial charge < -0.3 is 19.8 Å². The van der Waals surface area contributed by atoms with E-state index in [1.165, 1.54) is 0 Å². The van der Waals surface area contributed by atoms with Crippen LogP contribution < -0.4 is 0 Å². The number of piperidine rings is 1. The zero-order chi connectivity index (χ0) is 15.2. The van der Waals surface area contributed by atoms with Crippen molar-refractivity contribution in [2.24, 2.45) is 5.92 Å². The topological polar surface area (TPSA) is 87.1 Å². The summed E-state index contributed by atoms with van der Waals surface area (Å²) in [6.45, 7) is 1.03. The highest BCUT2D eigenvalue weighted by Gasteiger charge is 2.31. The number of carbonyl (C=O) groups is 2. The molecular formula is C15H19NO5. The Kier molecular flexibility index (Phi) is 5.16. The number of carbonyl (C=O) groups excluding carboxylic acids is 1. The number of hydrogen-bond donors (Lipinski definition) is 2. The smallest absolute Gasteiger partial charge is 0.410 e. The highest BCUT2D eigenvalue weighted by molar-refractivity contribution is 5.72. The Balaban J connectivity index is 1.77. The molecule has 6 heteroatoms. The van der Waals surface area contributed by atoms with Gasteiger partial charge in [-0.1, -0.05) is 30.3 Å². The Labute approximate surface area is 122 Å². The van der Waals surface area contributed by atoms with E-state index in [4.69, 9.17) is 9.84 Å². The number of amides is 1. The molecule has 0 aromatic heterocycles. The lowest BCUT2D eigenvalue weighted by Crippen LogP contribution is -2.43. The molecule has 0 bridgehead atoms. The van der Waals surface area contributed by atoms with Gasteiger partial charge in [-0.3, -0.25) is 0 Å². The number of rotatable bonds is 4. The normalized spacial score (nSPS) is 17.3. The van der Waals surface area contributed by atoms with Crippen LogP contribution >= 0.6 is 0 Å². The summed E-state index contributed by atoms with van der Waals surface area (Å²) in [5.41, 5.74) is 0.919. The zero-order valence-electron chi connectivity index (χ0n) is 11.6. The molecule has 21 heavy (non-hydrogen) atoms. The zero-order valence-corrected chi connectivity index (χ0v) is 11.6. The van der Waals surface area contributed by atoms with Crippen LogP contribution in [0.3, 0.4) is 0 Å². The van der Waals surface area contributed by atoms with Crippen molar-refractivity contribution in [3.63, 3.8) is 0 Å². The largest absolute Gasteiger partial charge is 0.479 e. The number of hydrogen-bond acceptors (Lipinski definition) is 4. The third-order valence-corrected chi connectivity index (χ3v) is 3.70. The molecule has 1 atom stereocenters. The minimum Gasteiger partial charge on any atom is -0.479 e. The number of nitrogens with zero attached hydrogens (tertiary/aromatic N) is 1. The second kappa shape index (κ2) is 7.08. The monoisotopic (exact) mass is 293 g/mol. The van der Waals surface area contributed by atoms with E-state index in [1.54, 1.807) is 4.90 Å². The Morgan fingerprint density at radius 2 is 1.86 bits per heavy atom. The van der Waals surface area contributed by atoms with Crippen molar-refractivity contribution in [1.29, 1.82) is 0 Å². The molecule has 0 spiro atoms. The number of aliphatic hydroxyl groups is 1. The van der Waals surface area contributed by atoms with Crippen LogP contribution in [0.5, 0.6) is 0 Å². The summed E-state index contributed by atoms with van der Waals surface area (Å²) in [6, 6.07) is 9.40. The van der Waals surface area contributed by atoms with E-state index < -0.39 is 18.2 Å². The molecule has 0 saturated carbocycles. The van der Waals surface area contributed by atoms with Crippen molar-refractivity contribution in [2.75, 3.05) is 13.1 Å². The molecule has 1 aliphatic heterocycles. The Morgan fingerprint density at radius 1 is 1.24 bits per heavy atom.